The Morgan fingerprint density at radius 1 is 1.04 bits per heavy atom. The fourth-order valence-corrected chi connectivity index (χ4v) is 3.06. The molecule has 2 saturated heterocycles. The summed E-state index contributed by atoms with van der Waals surface area (Å²) in [7, 11) is 0. The highest BCUT2D eigenvalue weighted by Gasteiger charge is 2.40. The number of nitrogens with zero attached hydrogens (tertiary/aromatic N) is 3. The summed E-state index contributed by atoms with van der Waals surface area (Å²) in [5.41, 5.74) is 5.47. The number of piperazine rings is 1. The summed E-state index contributed by atoms with van der Waals surface area (Å²) < 4.78 is 5.29. The molecule has 2 heterocycles. The van der Waals surface area contributed by atoms with E-state index >= 15 is 0 Å². The fraction of sp³-hybridized carbons (Fsp3) is 0.867. The van der Waals surface area contributed by atoms with Crippen LogP contribution in [0, 0.1) is 0 Å². The molecule has 2 aliphatic rings. The molecule has 0 bridgehead atoms. The lowest BCUT2D eigenvalue weighted by Gasteiger charge is -2.41. The van der Waals surface area contributed by atoms with Crippen LogP contribution >= 0.6 is 12.4 Å². The zero-order chi connectivity index (χ0) is 16.2. The van der Waals surface area contributed by atoms with Gasteiger partial charge in [0.05, 0.1) is 5.54 Å². The van der Waals surface area contributed by atoms with Crippen LogP contribution in [0.4, 0.5) is 4.79 Å². The Morgan fingerprint density at radius 2 is 1.52 bits per heavy atom. The average molecular weight is 349 g/mol. The molecule has 0 aromatic heterocycles. The summed E-state index contributed by atoms with van der Waals surface area (Å²) in [5, 5.41) is 0. The van der Waals surface area contributed by atoms with Crippen molar-refractivity contribution < 1.29 is 14.3 Å². The highest BCUT2D eigenvalue weighted by Crippen LogP contribution is 2.21. The van der Waals surface area contributed by atoms with Gasteiger partial charge in [-0.2, -0.15) is 0 Å². The summed E-state index contributed by atoms with van der Waals surface area (Å²) in [6, 6.07) is 0.0608. The Balaban J connectivity index is 0.00000264. The highest BCUT2D eigenvalue weighted by atomic mass is 35.5. The van der Waals surface area contributed by atoms with Crippen LogP contribution in [-0.4, -0.2) is 84.7 Å². The summed E-state index contributed by atoms with van der Waals surface area (Å²) >= 11 is 0. The monoisotopic (exact) mass is 348 g/mol. The van der Waals surface area contributed by atoms with Gasteiger partial charge in [0, 0.05) is 52.5 Å². The van der Waals surface area contributed by atoms with Crippen molar-refractivity contribution in [2.45, 2.75) is 32.2 Å². The van der Waals surface area contributed by atoms with Gasteiger partial charge in [0.15, 0.2) is 0 Å². The van der Waals surface area contributed by atoms with Crippen molar-refractivity contribution in [3.8, 4) is 0 Å². The van der Waals surface area contributed by atoms with Crippen LogP contribution in [0.1, 0.15) is 26.7 Å². The number of nitrogens with two attached hydrogens (primary N) is 1. The number of urea groups is 1. The van der Waals surface area contributed by atoms with Crippen molar-refractivity contribution in [2.75, 3.05) is 52.5 Å². The van der Waals surface area contributed by atoms with Crippen LogP contribution in [0.25, 0.3) is 0 Å². The quantitative estimate of drug-likeness (QED) is 0.806. The Bertz CT molecular complexity index is 404. The molecule has 2 fully saturated rings. The lowest BCUT2D eigenvalue weighted by atomic mass is 9.89. The number of hydrogen-bond donors (Lipinski definition) is 1. The summed E-state index contributed by atoms with van der Waals surface area (Å²) in [5.74, 6) is 0.00531. The third-order valence-electron chi connectivity index (χ3n) is 4.68. The van der Waals surface area contributed by atoms with E-state index in [9.17, 15) is 9.59 Å². The van der Waals surface area contributed by atoms with E-state index in [1.807, 2.05) is 18.7 Å². The van der Waals surface area contributed by atoms with Gasteiger partial charge in [0.1, 0.15) is 0 Å². The molecule has 0 saturated carbocycles. The summed E-state index contributed by atoms with van der Waals surface area (Å²) in [6.07, 6.45) is 1.15. The Hall–Kier alpha value is -1.05. The molecule has 0 aromatic carbocycles. The minimum Gasteiger partial charge on any atom is -0.381 e. The molecule has 0 unspecified atom stereocenters. The van der Waals surface area contributed by atoms with E-state index < -0.39 is 5.54 Å². The number of carbonyl (C=O) groups is 2. The van der Waals surface area contributed by atoms with Gasteiger partial charge in [-0.3, -0.25) is 4.79 Å². The van der Waals surface area contributed by atoms with Gasteiger partial charge >= 0.3 is 6.03 Å². The molecule has 2 rings (SSSR count). The smallest absolute Gasteiger partial charge is 0.320 e. The van der Waals surface area contributed by atoms with Crippen molar-refractivity contribution in [3.63, 3.8) is 0 Å². The lowest BCUT2D eigenvalue weighted by Crippen LogP contribution is -2.62. The van der Waals surface area contributed by atoms with Crippen LogP contribution in [0.15, 0.2) is 0 Å². The number of ether oxygens (including phenoxy) is 1. The first-order chi connectivity index (χ1) is 10.5. The molecule has 2 aliphatic heterocycles. The van der Waals surface area contributed by atoms with Crippen molar-refractivity contribution in [3.05, 3.63) is 0 Å². The minimum atomic E-state index is -0.788. The van der Waals surface area contributed by atoms with Crippen LogP contribution in [0.2, 0.25) is 0 Å². The van der Waals surface area contributed by atoms with Crippen molar-refractivity contribution in [1.29, 1.82) is 0 Å². The molecule has 23 heavy (non-hydrogen) atoms. The van der Waals surface area contributed by atoms with E-state index in [-0.39, 0.29) is 24.3 Å². The van der Waals surface area contributed by atoms with Gasteiger partial charge in [0.25, 0.3) is 0 Å². The first kappa shape index (κ1) is 20.0. The normalized spacial score (nSPS) is 20.7. The second kappa shape index (κ2) is 8.70. The van der Waals surface area contributed by atoms with Crippen LogP contribution < -0.4 is 5.73 Å². The number of carbonyl (C=O) groups excluding carboxylic acids is 2. The Morgan fingerprint density at radius 3 is 2.00 bits per heavy atom. The summed E-state index contributed by atoms with van der Waals surface area (Å²) in [4.78, 5) is 30.4. The number of rotatable bonds is 3. The first-order valence-electron chi connectivity index (χ1n) is 8.21. The molecule has 0 spiro atoms. The predicted molar refractivity (Wildman–Crippen MR) is 90.7 cm³/mol. The van der Waals surface area contributed by atoms with Gasteiger partial charge in [0.2, 0.25) is 5.91 Å². The second-order valence-corrected chi connectivity index (χ2v) is 6.00. The van der Waals surface area contributed by atoms with Crippen molar-refractivity contribution in [2.24, 2.45) is 5.73 Å². The Kier molecular flexibility index (Phi) is 7.57. The topological polar surface area (TPSA) is 79.1 Å². The highest BCUT2D eigenvalue weighted by molar-refractivity contribution is 5.86. The standard InChI is InChI=1S/C15H28N4O3.ClH/c1-3-17(4-2)14(21)19-9-7-18(8-10-19)13(20)15(16)5-11-22-12-6-15;/h3-12,16H2,1-2H3;1H. The van der Waals surface area contributed by atoms with Gasteiger partial charge in [-0.25, -0.2) is 4.79 Å². The molecular formula is C15H29ClN4O3. The van der Waals surface area contributed by atoms with E-state index in [2.05, 4.69) is 0 Å². The predicted octanol–water partition coefficient (Wildman–Crippen LogP) is 0.522. The molecular weight excluding hydrogens is 320 g/mol. The van der Waals surface area contributed by atoms with E-state index in [0.29, 0.717) is 65.3 Å². The van der Waals surface area contributed by atoms with Gasteiger partial charge in [-0.1, -0.05) is 0 Å². The van der Waals surface area contributed by atoms with E-state index in [1.54, 1.807) is 9.80 Å². The maximum Gasteiger partial charge on any atom is 0.320 e. The summed E-state index contributed by atoms with van der Waals surface area (Å²) in [6.45, 7) is 8.74. The molecule has 2 N–H and O–H groups in total. The van der Waals surface area contributed by atoms with E-state index in [1.165, 1.54) is 0 Å². The molecule has 3 amide bonds. The maximum atomic E-state index is 12.6. The SMILES string of the molecule is CCN(CC)C(=O)N1CCN(C(=O)C2(N)CCOCC2)CC1.Cl. The van der Waals surface area contributed by atoms with Crippen LogP contribution in [0.3, 0.4) is 0 Å². The van der Waals surface area contributed by atoms with Gasteiger partial charge in [-0.05, 0) is 26.7 Å². The van der Waals surface area contributed by atoms with Gasteiger partial charge in [-0.15, -0.1) is 12.4 Å². The molecule has 0 atom stereocenters. The van der Waals surface area contributed by atoms with Crippen LogP contribution in [0.5, 0.6) is 0 Å². The van der Waals surface area contributed by atoms with Crippen LogP contribution in [-0.2, 0) is 9.53 Å². The average Bonchev–Trinajstić information content (AvgIpc) is 2.56. The second-order valence-electron chi connectivity index (χ2n) is 6.00. The molecule has 0 radical (unpaired) electrons. The lowest BCUT2D eigenvalue weighted by molar-refractivity contribution is -0.142. The van der Waals surface area contributed by atoms with Gasteiger partial charge < -0.3 is 25.2 Å². The third kappa shape index (κ3) is 4.49. The molecule has 7 nitrogen and oxygen atoms in total. The Labute approximate surface area is 144 Å². The van der Waals surface area contributed by atoms with E-state index in [0.717, 1.165) is 0 Å². The third-order valence-corrected chi connectivity index (χ3v) is 4.68. The molecule has 0 aromatic rings. The van der Waals surface area contributed by atoms with E-state index in [4.69, 9.17) is 10.5 Å². The molecule has 8 heteroatoms. The fourth-order valence-electron chi connectivity index (χ4n) is 3.06. The largest absolute Gasteiger partial charge is 0.381 e. The number of hydrogen-bond acceptors (Lipinski definition) is 4. The zero-order valence-electron chi connectivity index (χ0n) is 14.1. The van der Waals surface area contributed by atoms with Crippen molar-refractivity contribution in [1.82, 2.24) is 14.7 Å². The maximum absolute atomic E-state index is 12.6. The minimum absolute atomic E-state index is 0. The zero-order valence-corrected chi connectivity index (χ0v) is 14.9. The first-order valence-corrected chi connectivity index (χ1v) is 8.21. The molecule has 0 aliphatic carbocycles. The number of halogens is 1. The van der Waals surface area contributed by atoms with Crippen molar-refractivity contribution >= 4 is 24.3 Å². The molecule has 134 valence electrons. The number of amides is 3.